The second-order valence-electron chi connectivity index (χ2n) is 5.56. The van der Waals surface area contributed by atoms with Gasteiger partial charge in [-0.3, -0.25) is 4.79 Å². The van der Waals surface area contributed by atoms with Gasteiger partial charge in [0.05, 0.1) is 0 Å². The van der Waals surface area contributed by atoms with E-state index in [1.807, 2.05) is 30.3 Å². The van der Waals surface area contributed by atoms with Crippen molar-refractivity contribution in [2.24, 2.45) is 0 Å². The predicted octanol–water partition coefficient (Wildman–Crippen LogP) is 2.88. The number of nitrogen functional groups attached to an aromatic ring is 1. The molecule has 1 aliphatic carbocycles. The molecule has 0 saturated heterocycles. The van der Waals surface area contributed by atoms with Gasteiger partial charge >= 0.3 is 0 Å². The Morgan fingerprint density at radius 3 is 2.80 bits per heavy atom. The summed E-state index contributed by atoms with van der Waals surface area (Å²) in [6.45, 7) is 2.11. The number of amides is 1. The lowest BCUT2D eigenvalue weighted by Gasteiger charge is -2.41. The number of rotatable bonds is 3. The number of hydrogen-bond acceptors (Lipinski definition) is 3. The highest BCUT2D eigenvalue weighted by atomic mass is 16.2. The van der Waals surface area contributed by atoms with Crippen molar-refractivity contribution in [3.8, 4) is 0 Å². The molecule has 0 unspecified atom stereocenters. The number of benzene rings is 1. The van der Waals surface area contributed by atoms with Gasteiger partial charge in [0.2, 0.25) is 0 Å². The van der Waals surface area contributed by atoms with Crippen molar-refractivity contribution in [3.63, 3.8) is 0 Å². The van der Waals surface area contributed by atoms with Crippen LogP contribution >= 0.6 is 0 Å². The summed E-state index contributed by atoms with van der Waals surface area (Å²) in [5, 5.41) is 4.97. The Bertz CT molecular complexity index is 656. The summed E-state index contributed by atoms with van der Waals surface area (Å²) in [6.07, 6.45) is 4.25. The molecule has 0 radical (unpaired) electrons. The molecule has 0 bridgehead atoms. The minimum atomic E-state index is -0.121. The molecule has 1 aromatic carbocycles. The van der Waals surface area contributed by atoms with E-state index in [-0.39, 0.29) is 11.4 Å². The fraction of sp³-hybridized carbons (Fsp3) is 0.375. The van der Waals surface area contributed by atoms with E-state index in [1.165, 1.54) is 6.42 Å². The smallest absolute Gasteiger partial charge is 0.270 e. The lowest BCUT2D eigenvalue weighted by molar-refractivity contribution is 0.0815. The fourth-order valence-electron chi connectivity index (χ4n) is 2.82. The highest BCUT2D eigenvalue weighted by molar-refractivity contribution is 6.00. The van der Waals surface area contributed by atoms with E-state index in [9.17, 15) is 4.79 Å². The van der Waals surface area contributed by atoms with Gasteiger partial charge in [-0.1, -0.05) is 31.2 Å². The van der Waals surface area contributed by atoms with E-state index < -0.39 is 0 Å². The van der Waals surface area contributed by atoms with E-state index >= 15 is 0 Å². The van der Waals surface area contributed by atoms with Gasteiger partial charge in [-0.15, -0.1) is 0 Å². The molecule has 4 nitrogen and oxygen atoms in total. The third-order valence-electron chi connectivity index (χ3n) is 4.37. The van der Waals surface area contributed by atoms with Crippen LogP contribution < -0.4 is 11.1 Å². The normalized spacial score (nSPS) is 16.6. The quantitative estimate of drug-likeness (QED) is 0.900. The first kappa shape index (κ1) is 12.9. The van der Waals surface area contributed by atoms with E-state index in [1.54, 1.807) is 0 Å². The molecule has 20 heavy (non-hydrogen) atoms. The SMILES string of the molecule is CCC1(NC(=O)c2cc3ccccc3c(N)n2)CCC1. The summed E-state index contributed by atoms with van der Waals surface area (Å²) >= 11 is 0. The maximum absolute atomic E-state index is 12.4. The molecular formula is C16H19N3O. The van der Waals surface area contributed by atoms with Crippen LogP contribution in [0.2, 0.25) is 0 Å². The van der Waals surface area contributed by atoms with Gasteiger partial charge in [-0.2, -0.15) is 0 Å². The number of anilines is 1. The number of nitrogens with two attached hydrogens (primary N) is 1. The zero-order chi connectivity index (χ0) is 14.2. The number of pyridine rings is 1. The number of aromatic nitrogens is 1. The zero-order valence-corrected chi connectivity index (χ0v) is 11.6. The van der Waals surface area contributed by atoms with Gasteiger partial charge in [-0.25, -0.2) is 4.98 Å². The summed E-state index contributed by atoms with van der Waals surface area (Å²) < 4.78 is 0. The molecule has 1 fully saturated rings. The largest absolute Gasteiger partial charge is 0.383 e. The summed E-state index contributed by atoms with van der Waals surface area (Å²) in [5.74, 6) is 0.288. The predicted molar refractivity (Wildman–Crippen MR) is 80.5 cm³/mol. The van der Waals surface area contributed by atoms with Crippen molar-refractivity contribution in [1.82, 2.24) is 10.3 Å². The number of carbonyl (C=O) groups is 1. The third-order valence-corrected chi connectivity index (χ3v) is 4.37. The van der Waals surface area contributed by atoms with E-state index in [0.717, 1.165) is 30.0 Å². The minimum Gasteiger partial charge on any atom is -0.383 e. The van der Waals surface area contributed by atoms with Crippen LogP contribution in [-0.2, 0) is 0 Å². The lowest BCUT2D eigenvalue weighted by Crippen LogP contribution is -2.53. The Morgan fingerprint density at radius 2 is 2.15 bits per heavy atom. The molecule has 1 amide bonds. The molecular weight excluding hydrogens is 250 g/mol. The van der Waals surface area contributed by atoms with Crippen molar-refractivity contribution in [2.75, 3.05) is 5.73 Å². The van der Waals surface area contributed by atoms with Crippen molar-refractivity contribution < 1.29 is 4.79 Å². The molecule has 4 heteroatoms. The monoisotopic (exact) mass is 269 g/mol. The lowest BCUT2D eigenvalue weighted by atomic mass is 9.75. The number of nitrogens with one attached hydrogen (secondary N) is 1. The fourth-order valence-corrected chi connectivity index (χ4v) is 2.82. The van der Waals surface area contributed by atoms with Gasteiger partial charge in [0.25, 0.3) is 5.91 Å². The Hall–Kier alpha value is -2.10. The van der Waals surface area contributed by atoms with E-state index in [0.29, 0.717) is 11.5 Å². The topological polar surface area (TPSA) is 68.0 Å². The molecule has 3 rings (SSSR count). The van der Waals surface area contributed by atoms with Gasteiger partial charge < -0.3 is 11.1 Å². The van der Waals surface area contributed by atoms with E-state index in [4.69, 9.17) is 5.73 Å². The number of nitrogens with zero attached hydrogens (tertiary/aromatic N) is 1. The molecule has 3 N–H and O–H groups in total. The average molecular weight is 269 g/mol. The van der Waals surface area contributed by atoms with Gasteiger partial charge in [0.1, 0.15) is 11.5 Å². The molecule has 0 atom stereocenters. The zero-order valence-electron chi connectivity index (χ0n) is 11.6. The van der Waals surface area contributed by atoms with Crippen LogP contribution in [0.5, 0.6) is 0 Å². The van der Waals surface area contributed by atoms with Crippen LogP contribution in [0.1, 0.15) is 43.1 Å². The molecule has 1 aromatic heterocycles. The van der Waals surface area contributed by atoms with Crippen LogP contribution in [0.15, 0.2) is 30.3 Å². The summed E-state index contributed by atoms with van der Waals surface area (Å²) in [6, 6.07) is 9.52. The van der Waals surface area contributed by atoms with Crippen LogP contribution in [0.25, 0.3) is 10.8 Å². The van der Waals surface area contributed by atoms with Crippen LogP contribution in [-0.4, -0.2) is 16.4 Å². The maximum Gasteiger partial charge on any atom is 0.270 e. The third kappa shape index (κ3) is 2.11. The summed E-state index contributed by atoms with van der Waals surface area (Å²) in [5.41, 5.74) is 6.32. The number of fused-ring (bicyclic) bond motifs is 1. The second kappa shape index (κ2) is 4.78. The Balaban J connectivity index is 1.92. The van der Waals surface area contributed by atoms with Crippen molar-refractivity contribution in [2.45, 2.75) is 38.1 Å². The first-order chi connectivity index (χ1) is 9.63. The molecule has 1 heterocycles. The molecule has 1 saturated carbocycles. The standard InChI is InChI=1S/C16H19N3O/c1-2-16(8-5-9-16)19-15(20)13-10-11-6-3-4-7-12(11)14(17)18-13/h3-4,6-7,10H,2,5,8-9H2,1H3,(H2,17,18)(H,19,20). The molecule has 1 aliphatic rings. The minimum absolute atomic E-state index is 0.0286. The van der Waals surface area contributed by atoms with Crippen molar-refractivity contribution in [3.05, 3.63) is 36.0 Å². The number of hydrogen-bond donors (Lipinski definition) is 2. The van der Waals surface area contributed by atoms with Gasteiger partial charge in [-0.05, 0) is 37.1 Å². The summed E-state index contributed by atoms with van der Waals surface area (Å²) in [4.78, 5) is 16.6. The molecule has 104 valence electrons. The first-order valence-corrected chi connectivity index (χ1v) is 7.11. The van der Waals surface area contributed by atoms with Crippen LogP contribution in [0.3, 0.4) is 0 Å². The Labute approximate surface area is 118 Å². The number of carbonyl (C=O) groups excluding carboxylic acids is 1. The first-order valence-electron chi connectivity index (χ1n) is 7.11. The van der Waals surface area contributed by atoms with Crippen LogP contribution in [0.4, 0.5) is 5.82 Å². The maximum atomic E-state index is 12.4. The highest BCUT2D eigenvalue weighted by Crippen LogP contribution is 2.34. The molecule has 0 aliphatic heterocycles. The average Bonchev–Trinajstić information content (AvgIpc) is 2.42. The van der Waals surface area contributed by atoms with Gasteiger partial charge in [0.15, 0.2) is 0 Å². The Kier molecular flexibility index (Phi) is 3.08. The highest BCUT2D eigenvalue weighted by Gasteiger charge is 2.36. The van der Waals surface area contributed by atoms with Crippen molar-refractivity contribution >= 4 is 22.5 Å². The second-order valence-corrected chi connectivity index (χ2v) is 5.56. The van der Waals surface area contributed by atoms with Crippen molar-refractivity contribution in [1.29, 1.82) is 0 Å². The molecule has 0 spiro atoms. The van der Waals surface area contributed by atoms with E-state index in [2.05, 4.69) is 17.2 Å². The van der Waals surface area contributed by atoms with Gasteiger partial charge in [0, 0.05) is 10.9 Å². The molecule has 2 aromatic rings. The summed E-state index contributed by atoms with van der Waals surface area (Å²) in [7, 11) is 0. The Morgan fingerprint density at radius 1 is 1.40 bits per heavy atom. The van der Waals surface area contributed by atoms with Crippen LogP contribution in [0, 0.1) is 0 Å².